The number of carboxylic acid groups (broad SMARTS) is 3. The van der Waals surface area contributed by atoms with Crippen molar-refractivity contribution < 1.29 is 59.6 Å². The molecule has 3 aromatic rings. The molecule has 3 aromatic carbocycles. The van der Waals surface area contributed by atoms with E-state index in [0.717, 1.165) is 13.2 Å². The second kappa shape index (κ2) is 19.1. The van der Waals surface area contributed by atoms with Gasteiger partial charge in [-0.1, -0.05) is 18.2 Å². The summed E-state index contributed by atoms with van der Waals surface area (Å²) in [4.78, 5) is 31.1. The van der Waals surface area contributed by atoms with Crippen molar-refractivity contribution in [1.29, 1.82) is 5.26 Å². The summed E-state index contributed by atoms with van der Waals surface area (Å²) in [5, 5.41) is 68.2. The number of rotatable bonds is 7. The van der Waals surface area contributed by atoms with E-state index >= 15 is 0 Å². The van der Waals surface area contributed by atoms with Crippen molar-refractivity contribution in [1.82, 2.24) is 0 Å². The van der Waals surface area contributed by atoms with Crippen molar-refractivity contribution in [2.75, 3.05) is 21.3 Å². The summed E-state index contributed by atoms with van der Waals surface area (Å²) in [5.41, 5.74) is 0.881. The van der Waals surface area contributed by atoms with Crippen molar-refractivity contribution in [3.05, 3.63) is 89.0 Å². The molecule has 0 saturated heterocycles. The van der Waals surface area contributed by atoms with E-state index in [0.29, 0.717) is 11.1 Å². The first-order valence-electron chi connectivity index (χ1n) is 11.4. The second-order valence-corrected chi connectivity index (χ2v) is 7.37. The standard InChI is InChI=1S/C11H12O5.C10H7NO3.C7H6O3.CH4O/c1-15-8-5-7(3-4-10(12)13)6-9(16-2)11(8)14;11-6-8(10(13)14)5-7-1-3-9(12)4-2-7;8-6-3-1-2-5(4-6)7(9)10;1-2/h3-6,14H,1-2H3,(H,12,13);1-5,12H,(H,13,14);1-4,8H,(H,9,10);2H,1H3/b4-3+;8-5+;;. The Morgan fingerprint density at radius 1 is 0.786 bits per heavy atom. The molecule has 0 saturated carbocycles. The number of phenolic OH excluding ortho intramolecular Hbond substituents is 3. The molecule has 7 N–H and O–H groups in total. The van der Waals surface area contributed by atoms with Crippen LogP contribution in [0.25, 0.3) is 12.2 Å². The molecular formula is C29H29NO12. The first kappa shape index (κ1) is 36.0. The SMILES string of the molecule is CO.COc1cc(/C=C/C(=O)O)cc(OC)c1O.N#C/C(=C\c1ccc(O)cc1)C(=O)O.O=C(O)c1cccc(O)c1. The molecule has 13 nitrogen and oxygen atoms in total. The van der Waals surface area contributed by atoms with Crippen LogP contribution in [0.15, 0.2) is 72.3 Å². The topological polar surface area (TPSA) is 235 Å². The average molecular weight is 584 g/mol. The third kappa shape index (κ3) is 13.2. The number of aromatic hydroxyl groups is 3. The highest BCUT2D eigenvalue weighted by Crippen LogP contribution is 2.37. The molecule has 0 bridgehead atoms. The molecule has 0 unspecified atom stereocenters. The third-order valence-electron chi connectivity index (χ3n) is 4.57. The number of aliphatic carboxylic acids is 2. The molecule has 0 spiro atoms. The minimum absolute atomic E-state index is 0.0279. The van der Waals surface area contributed by atoms with Crippen LogP contribution < -0.4 is 9.47 Å². The van der Waals surface area contributed by atoms with E-state index in [9.17, 15) is 19.5 Å². The van der Waals surface area contributed by atoms with Crippen molar-refractivity contribution in [2.45, 2.75) is 0 Å². The van der Waals surface area contributed by atoms with Gasteiger partial charge < -0.3 is 45.2 Å². The zero-order valence-corrected chi connectivity index (χ0v) is 22.6. The smallest absolute Gasteiger partial charge is 0.346 e. The van der Waals surface area contributed by atoms with Crippen molar-refractivity contribution >= 4 is 30.1 Å². The van der Waals surface area contributed by atoms with Crippen LogP contribution in [0.5, 0.6) is 28.7 Å². The highest BCUT2D eigenvalue weighted by Gasteiger charge is 2.10. The Hall–Kier alpha value is -6.00. The number of phenols is 3. The third-order valence-corrected chi connectivity index (χ3v) is 4.57. The van der Waals surface area contributed by atoms with Crippen LogP contribution in [0.2, 0.25) is 0 Å². The van der Waals surface area contributed by atoms with Gasteiger partial charge in [-0.2, -0.15) is 5.26 Å². The minimum atomic E-state index is -1.26. The number of nitriles is 1. The van der Waals surface area contributed by atoms with Gasteiger partial charge in [0, 0.05) is 13.2 Å². The highest BCUT2D eigenvalue weighted by molar-refractivity contribution is 5.96. The maximum atomic E-state index is 10.5. The van der Waals surface area contributed by atoms with Crippen LogP contribution in [-0.4, -0.2) is 75.0 Å². The van der Waals surface area contributed by atoms with Gasteiger partial charge in [0.2, 0.25) is 5.75 Å². The van der Waals surface area contributed by atoms with Gasteiger partial charge in [-0.05, 0) is 65.7 Å². The second-order valence-electron chi connectivity index (χ2n) is 7.37. The van der Waals surface area contributed by atoms with Crippen LogP contribution in [0.3, 0.4) is 0 Å². The summed E-state index contributed by atoms with van der Waals surface area (Å²) in [5.74, 6) is -2.94. The summed E-state index contributed by atoms with van der Waals surface area (Å²) in [6, 6.07) is 16.0. The number of aliphatic hydroxyl groups excluding tert-OH is 1. The van der Waals surface area contributed by atoms with Gasteiger partial charge in [-0.25, -0.2) is 14.4 Å². The first-order valence-corrected chi connectivity index (χ1v) is 11.4. The van der Waals surface area contributed by atoms with E-state index in [1.165, 1.54) is 87.0 Å². The fourth-order valence-corrected chi connectivity index (χ4v) is 2.70. The van der Waals surface area contributed by atoms with E-state index in [4.69, 9.17) is 45.4 Å². The van der Waals surface area contributed by atoms with Crippen LogP contribution in [0.4, 0.5) is 0 Å². The fraction of sp³-hybridized carbons (Fsp3) is 0.103. The van der Waals surface area contributed by atoms with Gasteiger partial charge in [-0.3, -0.25) is 0 Å². The average Bonchev–Trinajstić information content (AvgIpc) is 2.97. The lowest BCUT2D eigenvalue weighted by molar-refractivity contribution is -0.132. The minimum Gasteiger partial charge on any atom is -0.508 e. The molecule has 3 rings (SSSR count). The summed E-state index contributed by atoms with van der Waals surface area (Å²) < 4.78 is 9.85. The summed E-state index contributed by atoms with van der Waals surface area (Å²) in [7, 11) is 3.80. The van der Waals surface area contributed by atoms with E-state index in [1.807, 2.05) is 0 Å². The molecule has 13 heteroatoms. The zero-order valence-electron chi connectivity index (χ0n) is 22.6. The molecule has 0 heterocycles. The van der Waals surface area contributed by atoms with Crippen molar-refractivity contribution in [3.63, 3.8) is 0 Å². The summed E-state index contributed by atoms with van der Waals surface area (Å²) >= 11 is 0. The Balaban J connectivity index is 0.000000596. The van der Waals surface area contributed by atoms with E-state index in [1.54, 1.807) is 6.07 Å². The van der Waals surface area contributed by atoms with Crippen LogP contribution >= 0.6 is 0 Å². The van der Waals surface area contributed by atoms with Crippen molar-refractivity contribution in [2.24, 2.45) is 0 Å². The molecule has 0 radical (unpaired) electrons. The first-order chi connectivity index (χ1) is 19.9. The number of carbonyl (C=O) groups is 3. The van der Waals surface area contributed by atoms with Crippen LogP contribution in [-0.2, 0) is 9.59 Å². The van der Waals surface area contributed by atoms with Crippen LogP contribution in [0, 0.1) is 11.3 Å². The summed E-state index contributed by atoms with van der Waals surface area (Å²) in [6.07, 6.45) is 3.61. The number of hydrogen-bond donors (Lipinski definition) is 7. The molecule has 0 aliphatic carbocycles. The quantitative estimate of drug-likeness (QED) is 0.156. The Bertz CT molecular complexity index is 1410. The molecule has 0 aliphatic heterocycles. The number of hydrogen-bond acceptors (Lipinski definition) is 10. The maximum Gasteiger partial charge on any atom is 0.346 e. The van der Waals surface area contributed by atoms with Crippen LogP contribution in [0.1, 0.15) is 21.5 Å². The highest BCUT2D eigenvalue weighted by atomic mass is 16.5. The maximum absolute atomic E-state index is 10.5. The van der Waals surface area contributed by atoms with E-state index in [2.05, 4.69) is 0 Å². The monoisotopic (exact) mass is 583 g/mol. The van der Waals surface area contributed by atoms with Crippen molar-refractivity contribution in [3.8, 4) is 34.8 Å². The number of nitrogens with zero attached hydrogens (tertiary/aromatic N) is 1. The van der Waals surface area contributed by atoms with E-state index in [-0.39, 0.29) is 39.9 Å². The molecule has 0 aromatic heterocycles. The lowest BCUT2D eigenvalue weighted by Crippen LogP contribution is -1.97. The zero-order chi connectivity index (χ0) is 32.2. The molecule has 42 heavy (non-hydrogen) atoms. The van der Waals surface area contributed by atoms with Gasteiger partial charge in [0.1, 0.15) is 23.1 Å². The lowest BCUT2D eigenvalue weighted by Gasteiger charge is -2.09. The fourth-order valence-electron chi connectivity index (χ4n) is 2.70. The number of ether oxygens (including phenoxy) is 2. The predicted octanol–water partition coefficient (Wildman–Crippen LogP) is 3.59. The lowest BCUT2D eigenvalue weighted by atomic mass is 10.1. The number of carboxylic acids is 3. The predicted molar refractivity (Wildman–Crippen MR) is 150 cm³/mol. The van der Waals surface area contributed by atoms with Gasteiger partial charge >= 0.3 is 17.9 Å². The largest absolute Gasteiger partial charge is 0.508 e. The van der Waals surface area contributed by atoms with Gasteiger partial charge in [0.05, 0.1) is 19.8 Å². The molecule has 0 amide bonds. The Labute approximate surface area is 240 Å². The van der Waals surface area contributed by atoms with Gasteiger partial charge in [-0.15, -0.1) is 0 Å². The Morgan fingerprint density at radius 2 is 1.33 bits per heavy atom. The number of aliphatic hydroxyl groups is 1. The number of methoxy groups -OCH3 is 2. The molecule has 0 fully saturated rings. The van der Waals surface area contributed by atoms with E-state index < -0.39 is 17.9 Å². The number of aromatic carboxylic acids is 1. The summed E-state index contributed by atoms with van der Waals surface area (Å²) in [6.45, 7) is 0. The van der Waals surface area contributed by atoms with Gasteiger partial charge in [0.25, 0.3) is 0 Å². The Kier molecular flexibility index (Phi) is 16.4. The molecular weight excluding hydrogens is 554 g/mol. The molecule has 0 atom stereocenters. The Morgan fingerprint density at radius 3 is 1.71 bits per heavy atom. The molecule has 222 valence electrons. The number of benzene rings is 3. The normalized spacial score (nSPS) is 9.83. The van der Waals surface area contributed by atoms with Gasteiger partial charge in [0.15, 0.2) is 11.5 Å². The molecule has 0 aliphatic rings.